The molecule has 14 heteroatoms. The Morgan fingerprint density at radius 2 is 1.71 bits per heavy atom. The largest absolute Gasteiger partial charge is 0.478 e. The lowest BCUT2D eigenvalue weighted by Gasteiger charge is -2.16. The molecule has 14 nitrogen and oxygen atoms in total. The van der Waals surface area contributed by atoms with Crippen molar-refractivity contribution in [2.24, 2.45) is 7.05 Å². The van der Waals surface area contributed by atoms with Gasteiger partial charge in [0.05, 0.1) is 32.7 Å². The number of ether oxygens (including phenoxy) is 3. The van der Waals surface area contributed by atoms with Gasteiger partial charge in [0.1, 0.15) is 6.23 Å². The molecule has 6 rings (SSSR count). The summed E-state index contributed by atoms with van der Waals surface area (Å²) in [4.78, 5) is 31.6. The van der Waals surface area contributed by atoms with Crippen molar-refractivity contribution in [3.05, 3.63) is 23.0 Å². The van der Waals surface area contributed by atoms with Crippen molar-refractivity contribution in [1.29, 1.82) is 0 Å². The summed E-state index contributed by atoms with van der Waals surface area (Å²) in [5.74, 6) is 0.705. The van der Waals surface area contributed by atoms with Gasteiger partial charge < -0.3 is 25.7 Å². The Hall–Kier alpha value is -3.78. The molecule has 2 saturated heterocycles. The molecule has 202 valence electrons. The molecule has 0 aromatic carbocycles. The molecule has 2 aliphatic rings. The first-order valence-electron chi connectivity index (χ1n) is 13.0. The third-order valence-electron chi connectivity index (χ3n) is 7.48. The van der Waals surface area contributed by atoms with E-state index in [0.29, 0.717) is 17.2 Å². The quantitative estimate of drug-likeness (QED) is 0.225. The number of fused-ring (bicyclic) bond motifs is 2. The molecule has 38 heavy (non-hydrogen) atoms. The number of hydrogen-bond acceptors (Lipinski definition) is 10. The van der Waals surface area contributed by atoms with Crippen LogP contribution < -0.4 is 26.3 Å². The molecular formula is C24H33N10O4+. The summed E-state index contributed by atoms with van der Waals surface area (Å²) in [5, 5.41) is 0. The summed E-state index contributed by atoms with van der Waals surface area (Å²) in [7, 11) is 3.51. The molecule has 0 radical (unpaired) electrons. The minimum atomic E-state index is -0.340. The van der Waals surface area contributed by atoms with Crippen molar-refractivity contribution in [3.8, 4) is 5.88 Å². The van der Waals surface area contributed by atoms with Crippen molar-refractivity contribution in [1.82, 2.24) is 34.1 Å². The van der Waals surface area contributed by atoms with E-state index in [4.69, 9.17) is 25.7 Å². The molecule has 0 saturated carbocycles. The predicted molar refractivity (Wildman–Crippen MR) is 137 cm³/mol. The molecule has 0 spiro atoms. The van der Waals surface area contributed by atoms with Crippen LogP contribution in [0.25, 0.3) is 22.3 Å². The fourth-order valence-electron chi connectivity index (χ4n) is 5.69. The van der Waals surface area contributed by atoms with Crippen LogP contribution in [0.15, 0.2) is 17.4 Å². The molecule has 0 amide bonds. The van der Waals surface area contributed by atoms with E-state index < -0.39 is 0 Å². The van der Waals surface area contributed by atoms with Gasteiger partial charge in [-0.1, -0.05) is 12.8 Å². The standard InChI is InChI=1S/C24H32N10O4/c1-32-12-34(20-18(32)22(36-2)31-24(26)29-20)16-10-8-14(38-16)6-4-3-5-13-7-9-15(37-13)33-11-27-17-19(33)28-23(25)30-21(17)35/h11-16H,3-10H2,1-2H3,(H4-,25,26,28,29,30,31,35)/p+1. The fourth-order valence-corrected chi connectivity index (χ4v) is 5.69. The second-order valence-corrected chi connectivity index (χ2v) is 10.0. The number of nitrogen functional groups attached to an aromatic ring is 2. The number of aromatic amines is 1. The van der Waals surface area contributed by atoms with Crippen LogP contribution in [0.2, 0.25) is 0 Å². The molecule has 4 atom stereocenters. The molecule has 4 unspecified atom stereocenters. The molecule has 6 heterocycles. The smallest absolute Gasteiger partial charge is 0.280 e. The first-order valence-corrected chi connectivity index (χ1v) is 13.0. The first-order chi connectivity index (χ1) is 18.4. The number of methoxy groups -OCH3 is 1. The summed E-state index contributed by atoms with van der Waals surface area (Å²) in [5.41, 5.74) is 13.5. The van der Waals surface area contributed by atoms with Crippen molar-refractivity contribution >= 4 is 34.2 Å². The van der Waals surface area contributed by atoms with Crippen LogP contribution in [-0.2, 0) is 16.5 Å². The number of aromatic nitrogens is 8. The number of hydrogen-bond donors (Lipinski definition) is 3. The second-order valence-electron chi connectivity index (χ2n) is 10.0. The zero-order chi connectivity index (χ0) is 26.4. The molecule has 0 aliphatic carbocycles. The number of nitrogens with zero attached hydrogens (tertiary/aromatic N) is 7. The van der Waals surface area contributed by atoms with E-state index in [0.717, 1.165) is 56.9 Å². The Balaban J connectivity index is 1.00. The Morgan fingerprint density at radius 1 is 1.03 bits per heavy atom. The average molecular weight is 526 g/mol. The van der Waals surface area contributed by atoms with E-state index in [1.165, 1.54) is 0 Å². The number of unbranched alkanes of at least 4 members (excludes halogenated alkanes) is 1. The van der Waals surface area contributed by atoms with Crippen molar-refractivity contribution < 1.29 is 18.8 Å². The van der Waals surface area contributed by atoms with E-state index in [1.54, 1.807) is 13.4 Å². The average Bonchev–Trinajstić information content (AvgIpc) is 3.67. The summed E-state index contributed by atoms with van der Waals surface area (Å²) < 4.78 is 23.9. The minimum absolute atomic E-state index is 0.0751. The van der Waals surface area contributed by atoms with Gasteiger partial charge in [-0.25, -0.2) is 9.55 Å². The highest BCUT2D eigenvalue weighted by atomic mass is 16.5. The molecule has 0 bridgehead atoms. The Labute approximate surface area is 217 Å². The van der Waals surface area contributed by atoms with Gasteiger partial charge in [-0.2, -0.15) is 19.5 Å². The SMILES string of the molecule is COc1nc(N)nc2c1[n+](C)cn2C1CCC(CCCCC2CCC(n3cnc4c(=O)[nH]c(N)nc43)O2)O1. The maximum Gasteiger partial charge on any atom is 0.280 e. The van der Waals surface area contributed by atoms with Gasteiger partial charge in [0, 0.05) is 6.42 Å². The van der Waals surface area contributed by atoms with Crippen LogP contribution in [0.4, 0.5) is 11.9 Å². The monoisotopic (exact) mass is 525 g/mol. The maximum absolute atomic E-state index is 12.1. The van der Waals surface area contributed by atoms with Crippen LogP contribution in [0.5, 0.6) is 5.88 Å². The number of nitrogens with two attached hydrogens (primary N) is 2. The van der Waals surface area contributed by atoms with Crippen LogP contribution in [0.3, 0.4) is 0 Å². The zero-order valence-electron chi connectivity index (χ0n) is 21.5. The highest BCUT2D eigenvalue weighted by molar-refractivity contribution is 5.74. The summed E-state index contributed by atoms with van der Waals surface area (Å²) in [6.07, 6.45) is 11.5. The molecular weight excluding hydrogens is 492 g/mol. The highest BCUT2D eigenvalue weighted by Gasteiger charge is 2.34. The summed E-state index contributed by atoms with van der Waals surface area (Å²) in [6, 6.07) is 0. The number of nitrogens with one attached hydrogen (secondary N) is 1. The number of aryl methyl sites for hydroxylation is 1. The van der Waals surface area contributed by atoms with E-state index in [-0.39, 0.29) is 47.6 Å². The number of imidazole rings is 2. The minimum Gasteiger partial charge on any atom is -0.478 e. The van der Waals surface area contributed by atoms with Gasteiger partial charge in [-0.05, 0) is 32.1 Å². The summed E-state index contributed by atoms with van der Waals surface area (Å²) in [6.45, 7) is 0. The molecule has 5 N–H and O–H groups in total. The summed E-state index contributed by atoms with van der Waals surface area (Å²) >= 11 is 0. The fraction of sp³-hybridized carbons (Fsp3) is 0.583. The van der Waals surface area contributed by atoms with Crippen LogP contribution in [0.1, 0.15) is 63.8 Å². The maximum atomic E-state index is 12.1. The Bertz CT molecular complexity index is 1530. The lowest BCUT2D eigenvalue weighted by Crippen LogP contribution is -2.26. The third kappa shape index (κ3) is 4.43. The van der Waals surface area contributed by atoms with Crippen molar-refractivity contribution in [2.45, 2.75) is 76.0 Å². The molecule has 2 aliphatic heterocycles. The van der Waals surface area contributed by atoms with Gasteiger partial charge in [-0.3, -0.25) is 14.3 Å². The van der Waals surface area contributed by atoms with Gasteiger partial charge >= 0.3 is 0 Å². The van der Waals surface area contributed by atoms with Gasteiger partial charge in [-0.15, -0.1) is 0 Å². The van der Waals surface area contributed by atoms with Crippen molar-refractivity contribution in [2.75, 3.05) is 18.6 Å². The van der Waals surface area contributed by atoms with Crippen LogP contribution in [-0.4, -0.2) is 53.4 Å². The third-order valence-corrected chi connectivity index (χ3v) is 7.48. The predicted octanol–water partition coefficient (Wildman–Crippen LogP) is 1.48. The van der Waals surface area contributed by atoms with Gasteiger partial charge in [0.2, 0.25) is 24.5 Å². The number of H-pyrrole nitrogens is 1. The van der Waals surface area contributed by atoms with E-state index in [1.807, 2.05) is 27.1 Å². The van der Waals surface area contributed by atoms with Gasteiger partial charge in [0.25, 0.3) is 22.6 Å². The zero-order valence-corrected chi connectivity index (χ0v) is 21.5. The lowest BCUT2D eigenvalue weighted by molar-refractivity contribution is -0.646. The Morgan fingerprint density at radius 3 is 2.39 bits per heavy atom. The molecule has 4 aromatic rings. The van der Waals surface area contributed by atoms with E-state index >= 15 is 0 Å². The van der Waals surface area contributed by atoms with E-state index in [2.05, 4.69) is 24.9 Å². The molecule has 2 fully saturated rings. The highest BCUT2D eigenvalue weighted by Crippen LogP contribution is 2.35. The first kappa shape index (κ1) is 24.6. The van der Waals surface area contributed by atoms with Crippen LogP contribution >= 0.6 is 0 Å². The number of anilines is 2. The topological polar surface area (TPSA) is 178 Å². The second kappa shape index (κ2) is 9.83. The Kier molecular flexibility index (Phi) is 6.35. The van der Waals surface area contributed by atoms with Crippen LogP contribution in [0, 0.1) is 0 Å². The normalized spacial score (nSPS) is 23.6. The lowest BCUT2D eigenvalue weighted by atomic mass is 10.0. The molecule has 4 aromatic heterocycles. The van der Waals surface area contributed by atoms with Crippen molar-refractivity contribution in [3.63, 3.8) is 0 Å². The van der Waals surface area contributed by atoms with Gasteiger partial charge in [0.15, 0.2) is 11.2 Å². The number of rotatable bonds is 8. The van der Waals surface area contributed by atoms with E-state index in [9.17, 15) is 4.79 Å².